The Kier molecular flexibility index (Phi) is 5.30. The molecule has 1 aliphatic heterocycles. The van der Waals surface area contributed by atoms with Crippen LogP contribution in [0, 0.1) is 11.8 Å². The Morgan fingerprint density at radius 2 is 2.08 bits per heavy atom. The van der Waals surface area contributed by atoms with Crippen LogP contribution in [0.2, 0.25) is 0 Å². The lowest BCUT2D eigenvalue weighted by Crippen LogP contribution is -2.51. The minimum absolute atomic E-state index is 0.492. The Labute approximate surface area is 154 Å². The molecule has 2 N–H and O–H groups in total. The van der Waals surface area contributed by atoms with Crippen LogP contribution in [0.3, 0.4) is 0 Å². The normalized spacial score (nSPS) is 17.8. The van der Waals surface area contributed by atoms with Crippen molar-refractivity contribution in [3.8, 4) is 11.8 Å². The van der Waals surface area contributed by atoms with Gasteiger partial charge in [-0.05, 0) is 36.1 Å². The highest BCUT2D eigenvalue weighted by molar-refractivity contribution is 5.83. The molecule has 1 fully saturated rings. The Morgan fingerprint density at radius 3 is 3.00 bits per heavy atom. The number of hydrogen-bond donors (Lipinski definition) is 2. The number of nitrogens with zero attached hydrogens (tertiary/aromatic N) is 2. The summed E-state index contributed by atoms with van der Waals surface area (Å²) in [4.78, 5) is 10.1. The van der Waals surface area contributed by atoms with Gasteiger partial charge in [-0.2, -0.15) is 0 Å². The third-order valence-electron chi connectivity index (χ3n) is 4.92. The first-order valence-electron chi connectivity index (χ1n) is 9.29. The molecule has 1 aromatic carbocycles. The zero-order valence-corrected chi connectivity index (χ0v) is 14.9. The molecule has 0 spiro atoms. The highest BCUT2D eigenvalue weighted by atomic mass is 15.2. The number of rotatable bonds is 4. The SMILES string of the molecule is C(#Cc1ccccn1)CCN1CCNC(Cc2c[nH]c3ccccc23)C1. The maximum absolute atomic E-state index is 4.24. The topological polar surface area (TPSA) is 44.0 Å². The molecule has 3 heterocycles. The summed E-state index contributed by atoms with van der Waals surface area (Å²) in [5.41, 5.74) is 3.47. The number of hydrogen-bond acceptors (Lipinski definition) is 3. The highest BCUT2D eigenvalue weighted by Gasteiger charge is 2.20. The highest BCUT2D eigenvalue weighted by Crippen LogP contribution is 2.19. The minimum Gasteiger partial charge on any atom is -0.361 e. The van der Waals surface area contributed by atoms with Crippen LogP contribution in [0.4, 0.5) is 0 Å². The van der Waals surface area contributed by atoms with Crippen LogP contribution in [-0.4, -0.2) is 47.1 Å². The Morgan fingerprint density at radius 1 is 1.15 bits per heavy atom. The van der Waals surface area contributed by atoms with Gasteiger partial charge >= 0.3 is 0 Å². The van der Waals surface area contributed by atoms with E-state index < -0.39 is 0 Å². The summed E-state index contributed by atoms with van der Waals surface area (Å²) in [5.74, 6) is 6.40. The molecule has 132 valence electrons. The molecule has 0 radical (unpaired) electrons. The summed E-state index contributed by atoms with van der Waals surface area (Å²) in [7, 11) is 0. The summed E-state index contributed by atoms with van der Waals surface area (Å²) in [6.07, 6.45) is 5.88. The maximum Gasteiger partial charge on any atom is 0.113 e. The number of fused-ring (bicyclic) bond motifs is 1. The van der Waals surface area contributed by atoms with Gasteiger partial charge in [0.15, 0.2) is 0 Å². The van der Waals surface area contributed by atoms with Crippen LogP contribution in [0.15, 0.2) is 54.9 Å². The summed E-state index contributed by atoms with van der Waals surface area (Å²) >= 11 is 0. The Hall–Kier alpha value is -2.61. The van der Waals surface area contributed by atoms with Crippen LogP contribution in [0.5, 0.6) is 0 Å². The minimum atomic E-state index is 0.492. The number of para-hydroxylation sites is 1. The van der Waals surface area contributed by atoms with Crippen molar-refractivity contribution in [1.29, 1.82) is 0 Å². The predicted octanol–water partition coefficient (Wildman–Crippen LogP) is 2.82. The van der Waals surface area contributed by atoms with Crippen molar-refractivity contribution in [3.63, 3.8) is 0 Å². The number of piperazine rings is 1. The van der Waals surface area contributed by atoms with Gasteiger partial charge in [0.2, 0.25) is 0 Å². The lowest BCUT2D eigenvalue weighted by Gasteiger charge is -2.33. The fraction of sp³-hybridized carbons (Fsp3) is 0.318. The van der Waals surface area contributed by atoms with E-state index in [-0.39, 0.29) is 0 Å². The van der Waals surface area contributed by atoms with Gasteiger partial charge in [0, 0.05) is 61.9 Å². The van der Waals surface area contributed by atoms with Crippen LogP contribution in [0.25, 0.3) is 10.9 Å². The Bertz CT molecular complexity index is 904. The largest absolute Gasteiger partial charge is 0.361 e. The van der Waals surface area contributed by atoms with E-state index in [1.807, 2.05) is 18.2 Å². The van der Waals surface area contributed by atoms with E-state index in [0.717, 1.165) is 44.7 Å². The molecule has 0 saturated carbocycles. The number of pyridine rings is 1. The first-order chi connectivity index (χ1) is 12.9. The summed E-state index contributed by atoms with van der Waals surface area (Å²) in [6, 6.07) is 14.9. The quantitative estimate of drug-likeness (QED) is 0.716. The van der Waals surface area contributed by atoms with Crippen molar-refractivity contribution >= 4 is 10.9 Å². The summed E-state index contributed by atoms with van der Waals surface area (Å²) in [6.45, 7) is 4.23. The average Bonchev–Trinajstić information content (AvgIpc) is 3.09. The first-order valence-corrected chi connectivity index (χ1v) is 9.29. The van der Waals surface area contributed by atoms with Gasteiger partial charge < -0.3 is 10.3 Å². The van der Waals surface area contributed by atoms with Crippen LogP contribution in [0.1, 0.15) is 17.7 Å². The van der Waals surface area contributed by atoms with Crippen molar-refractivity contribution in [2.75, 3.05) is 26.2 Å². The second kappa shape index (κ2) is 8.18. The smallest absolute Gasteiger partial charge is 0.113 e. The van der Waals surface area contributed by atoms with Crippen LogP contribution >= 0.6 is 0 Å². The van der Waals surface area contributed by atoms with E-state index in [9.17, 15) is 0 Å². The number of aromatic nitrogens is 2. The fourth-order valence-electron chi connectivity index (χ4n) is 3.60. The number of aromatic amines is 1. The molecular weight excluding hydrogens is 320 g/mol. The van der Waals surface area contributed by atoms with Gasteiger partial charge in [0.25, 0.3) is 0 Å². The molecule has 0 aliphatic carbocycles. The zero-order chi connectivity index (χ0) is 17.6. The maximum atomic E-state index is 4.24. The lowest BCUT2D eigenvalue weighted by atomic mass is 10.0. The molecule has 26 heavy (non-hydrogen) atoms. The molecule has 0 amide bonds. The second-order valence-corrected chi connectivity index (χ2v) is 6.78. The molecule has 1 unspecified atom stereocenters. The Balaban J connectivity index is 1.31. The molecule has 0 bridgehead atoms. The summed E-state index contributed by atoms with van der Waals surface area (Å²) < 4.78 is 0. The monoisotopic (exact) mass is 344 g/mol. The van der Waals surface area contributed by atoms with E-state index in [1.54, 1.807) is 6.20 Å². The van der Waals surface area contributed by atoms with Gasteiger partial charge in [-0.3, -0.25) is 4.90 Å². The molecular formula is C22H24N4. The van der Waals surface area contributed by atoms with Gasteiger partial charge in [0.1, 0.15) is 5.69 Å². The number of H-pyrrole nitrogens is 1. The third kappa shape index (κ3) is 4.13. The first kappa shape index (κ1) is 16.8. The molecule has 2 aromatic heterocycles. The van der Waals surface area contributed by atoms with Crippen LogP contribution < -0.4 is 5.32 Å². The van der Waals surface area contributed by atoms with Crippen molar-refractivity contribution < 1.29 is 0 Å². The fourth-order valence-corrected chi connectivity index (χ4v) is 3.60. The predicted molar refractivity (Wildman–Crippen MR) is 106 cm³/mol. The van der Waals surface area contributed by atoms with Crippen molar-refractivity contribution in [2.45, 2.75) is 18.9 Å². The number of nitrogens with one attached hydrogen (secondary N) is 2. The van der Waals surface area contributed by atoms with E-state index in [4.69, 9.17) is 0 Å². The zero-order valence-electron chi connectivity index (χ0n) is 14.9. The second-order valence-electron chi connectivity index (χ2n) is 6.78. The van der Waals surface area contributed by atoms with E-state index in [2.05, 4.69) is 62.5 Å². The molecule has 4 heteroatoms. The van der Waals surface area contributed by atoms with E-state index in [0.29, 0.717) is 6.04 Å². The van der Waals surface area contributed by atoms with E-state index >= 15 is 0 Å². The average molecular weight is 344 g/mol. The summed E-state index contributed by atoms with van der Waals surface area (Å²) in [5, 5.41) is 5.01. The van der Waals surface area contributed by atoms with Crippen LogP contribution in [-0.2, 0) is 6.42 Å². The molecule has 1 aliphatic rings. The van der Waals surface area contributed by atoms with Crippen molar-refractivity contribution in [1.82, 2.24) is 20.2 Å². The van der Waals surface area contributed by atoms with Crippen molar-refractivity contribution in [2.24, 2.45) is 0 Å². The molecule has 1 saturated heterocycles. The molecule has 4 nitrogen and oxygen atoms in total. The number of benzene rings is 1. The van der Waals surface area contributed by atoms with Gasteiger partial charge in [-0.1, -0.05) is 30.2 Å². The van der Waals surface area contributed by atoms with E-state index in [1.165, 1.54) is 16.5 Å². The molecule has 4 rings (SSSR count). The van der Waals surface area contributed by atoms with Crippen molar-refractivity contribution in [3.05, 3.63) is 66.1 Å². The third-order valence-corrected chi connectivity index (χ3v) is 4.92. The molecule has 3 aromatic rings. The van der Waals surface area contributed by atoms with Gasteiger partial charge in [-0.25, -0.2) is 4.98 Å². The van der Waals surface area contributed by atoms with Gasteiger partial charge in [-0.15, -0.1) is 0 Å². The molecule has 1 atom stereocenters. The van der Waals surface area contributed by atoms with Gasteiger partial charge in [0.05, 0.1) is 0 Å². The lowest BCUT2D eigenvalue weighted by molar-refractivity contribution is 0.203. The standard InChI is InChI=1S/C22H24N4/c1-2-10-22-21(9-1)18(16-25-22)15-20-17-26(14-12-24-20)13-6-4-8-19-7-3-5-11-23-19/h1-3,5,7,9-11,16,20,24-25H,6,12-15,17H2.